The summed E-state index contributed by atoms with van der Waals surface area (Å²) in [6.07, 6.45) is 1.65. The third-order valence-electron chi connectivity index (χ3n) is 2.20. The fourth-order valence-electron chi connectivity index (χ4n) is 1.38. The van der Waals surface area contributed by atoms with Crippen LogP contribution < -0.4 is 5.32 Å². The maximum atomic E-state index is 5.51. The minimum Gasteiger partial charge on any atom is -0.467 e. The number of thiazole rings is 1. The second-order valence-corrected chi connectivity index (χ2v) is 4.53. The zero-order valence-electron chi connectivity index (χ0n) is 9.81. The van der Waals surface area contributed by atoms with Crippen molar-refractivity contribution in [1.82, 2.24) is 10.3 Å². The number of furan rings is 1. The molecular weight excluding hydrogens is 236 g/mol. The first-order valence-corrected chi connectivity index (χ1v) is 6.50. The van der Waals surface area contributed by atoms with Gasteiger partial charge in [-0.15, -0.1) is 11.3 Å². The van der Waals surface area contributed by atoms with Gasteiger partial charge in [0.2, 0.25) is 0 Å². The first-order chi connectivity index (χ1) is 8.38. The summed E-state index contributed by atoms with van der Waals surface area (Å²) in [5, 5.41) is 6.39. The number of aromatic nitrogens is 1. The smallest absolute Gasteiger partial charge is 0.129 e. The SMILES string of the molecule is CCNCc1nc(COCc2ccco2)cs1. The summed E-state index contributed by atoms with van der Waals surface area (Å²) in [5.74, 6) is 0.841. The normalized spacial score (nSPS) is 10.9. The van der Waals surface area contributed by atoms with Crippen molar-refractivity contribution in [2.24, 2.45) is 0 Å². The topological polar surface area (TPSA) is 47.3 Å². The van der Waals surface area contributed by atoms with Crippen molar-refractivity contribution in [3.05, 3.63) is 40.2 Å². The van der Waals surface area contributed by atoms with Crippen molar-refractivity contribution in [2.45, 2.75) is 26.7 Å². The molecule has 92 valence electrons. The fourth-order valence-corrected chi connectivity index (χ4v) is 2.13. The third kappa shape index (κ3) is 3.96. The molecule has 0 atom stereocenters. The number of nitrogens with one attached hydrogen (secondary N) is 1. The summed E-state index contributed by atoms with van der Waals surface area (Å²) in [5.41, 5.74) is 0.981. The molecule has 17 heavy (non-hydrogen) atoms. The van der Waals surface area contributed by atoms with Crippen LogP contribution in [-0.2, 0) is 24.5 Å². The molecule has 2 aromatic heterocycles. The van der Waals surface area contributed by atoms with E-state index in [1.54, 1.807) is 17.6 Å². The molecule has 2 heterocycles. The van der Waals surface area contributed by atoms with Gasteiger partial charge in [-0.05, 0) is 18.7 Å². The minimum absolute atomic E-state index is 0.493. The number of hydrogen-bond donors (Lipinski definition) is 1. The molecule has 0 radical (unpaired) electrons. The van der Waals surface area contributed by atoms with E-state index in [-0.39, 0.29) is 0 Å². The van der Waals surface area contributed by atoms with Gasteiger partial charge in [-0.1, -0.05) is 6.92 Å². The number of nitrogens with zero attached hydrogens (tertiary/aromatic N) is 1. The first-order valence-electron chi connectivity index (χ1n) is 5.62. The van der Waals surface area contributed by atoms with Crippen LogP contribution in [0.2, 0.25) is 0 Å². The van der Waals surface area contributed by atoms with Crippen molar-refractivity contribution >= 4 is 11.3 Å². The second kappa shape index (κ2) is 6.54. The zero-order valence-corrected chi connectivity index (χ0v) is 10.6. The number of ether oxygens (including phenoxy) is 1. The summed E-state index contributed by atoms with van der Waals surface area (Å²) in [4.78, 5) is 4.47. The van der Waals surface area contributed by atoms with Crippen LogP contribution in [0, 0.1) is 0 Å². The van der Waals surface area contributed by atoms with E-state index in [1.165, 1.54) is 0 Å². The van der Waals surface area contributed by atoms with Gasteiger partial charge < -0.3 is 14.5 Å². The van der Waals surface area contributed by atoms with Gasteiger partial charge in [0.1, 0.15) is 17.4 Å². The van der Waals surface area contributed by atoms with Gasteiger partial charge in [-0.3, -0.25) is 0 Å². The summed E-state index contributed by atoms with van der Waals surface area (Å²) in [6.45, 7) is 4.90. The molecule has 0 fully saturated rings. The molecule has 4 nitrogen and oxygen atoms in total. The van der Waals surface area contributed by atoms with E-state index in [0.717, 1.165) is 29.6 Å². The average Bonchev–Trinajstić information content (AvgIpc) is 2.98. The molecule has 0 unspecified atom stereocenters. The Morgan fingerprint density at radius 1 is 1.47 bits per heavy atom. The molecule has 0 bridgehead atoms. The summed E-state index contributed by atoms with van der Waals surface area (Å²) >= 11 is 1.66. The van der Waals surface area contributed by atoms with E-state index in [4.69, 9.17) is 9.15 Å². The van der Waals surface area contributed by atoms with E-state index in [0.29, 0.717) is 13.2 Å². The van der Waals surface area contributed by atoms with Gasteiger partial charge >= 0.3 is 0 Å². The maximum Gasteiger partial charge on any atom is 0.129 e. The van der Waals surface area contributed by atoms with E-state index < -0.39 is 0 Å². The Morgan fingerprint density at radius 2 is 2.41 bits per heavy atom. The minimum atomic E-state index is 0.493. The van der Waals surface area contributed by atoms with E-state index in [1.807, 2.05) is 17.5 Å². The standard InChI is InChI=1S/C12H16N2O2S/c1-2-13-6-12-14-10(9-17-12)7-15-8-11-4-3-5-16-11/h3-5,9,13H,2,6-8H2,1H3. The molecule has 0 aliphatic rings. The van der Waals surface area contributed by atoms with E-state index in [9.17, 15) is 0 Å². The van der Waals surface area contributed by atoms with Crippen LogP contribution in [0.3, 0.4) is 0 Å². The Bertz CT molecular complexity index is 425. The Labute approximate surface area is 105 Å². The molecule has 0 saturated carbocycles. The molecule has 0 spiro atoms. The van der Waals surface area contributed by atoms with Crippen LogP contribution >= 0.6 is 11.3 Å². The van der Waals surface area contributed by atoms with Gasteiger partial charge in [-0.2, -0.15) is 0 Å². The van der Waals surface area contributed by atoms with E-state index in [2.05, 4.69) is 17.2 Å². The van der Waals surface area contributed by atoms with E-state index >= 15 is 0 Å². The van der Waals surface area contributed by atoms with Crippen molar-refractivity contribution in [3.8, 4) is 0 Å². The quantitative estimate of drug-likeness (QED) is 0.822. The molecule has 2 aromatic rings. The van der Waals surface area contributed by atoms with Gasteiger partial charge in [-0.25, -0.2) is 4.98 Å². The Morgan fingerprint density at radius 3 is 3.18 bits per heavy atom. The largest absolute Gasteiger partial charge is 0.467 e. The lowest BCUT2D eigenvalue weighted by Crippen LogP contribution is -2.11. The predicted molar refractivity (Wildman–Crippen MR) is 66.7 cm³/mol. The molecule has 1 N–H and O–H groups in total. The van der Waals surface area contributed by atoms with Gasteiger partial charge in [0.05, 0.1) is 18.6 Å². The lowest BCUT2D eigenvalue weighted by molar-refractivity contribution is 0.0909. The summed E-state index contributed by atoms with van der Waals surface area (Å²) < 4.78 is 10.7. The number of hydrogen-bond acceptors (Lipinski definition) is 5. The summed E-state index contributed by atoms with van der Waals surface area (Å²) in [6, 6.07) is 3.76. The molecule has 0 aromatic carbocycles. The second-order valence-electron chi connectivity index (χ2n) is 3.59. The maximum absolute atomic E-state index is 5.51. The zero-order chi connectivity index (χ0) is 11.9. The van der Waals surface area contributed by atoms with Crippen LogP contribution in [0.5, 0.6) is 0 Å². The van der Waals surface area contributed by atoms with Crippen molar-refractivity contribution in [2.75, 3.05) is 6.54 Å². The van der Waals surface area contributed by atoms with Crippen LogP contribution in [0.4, 0.5) is 0 Å². The van der Waals surface area contributed by atoms with Gasteiger partial charge in [0.25, 0.3) is 0 Å². The van der Waals surface area contributed by atoms with Crippen molar-refractivity contribution < 1.29 is 9.15 Å². The monoisotopic (exact) mass is 252 g/mol. The highest BCUT2D eigenvalue weighted by Gasteiger charge is 2.02. The molecule has 2 rings (SSSR count). The molecular formula is C12H16N2O2S. The van der Waals surface area contributed by atoms with Crippen LogP contribution in [0.25, 0.3) is 0 Å². The van der Waals surface area contributed by atoms with Gasteiger partial charge in [0, 0.05) is 11.9 Å². The highest BCUT2D eigenvalue weighted by Crippen LogP contribution is 2.11. The Hall–Kier alpha value is -1.17. The van der Waals surface area contributed by atoms with Crippen molar-refractivity contribution in [3.63, 3.8) is 0 Å². The molecule has 0 saturated heterocycles. The predicted octanol–water partition coefficient (Wildman–Crippen LogP) is 2.56. The fraction of sp³-hybridized carbons (Fsp3) is 0.417. The number of rotatable bonds is 7. The third-order valence-corrected chi connectivity index (χ3v) is 3.10. The lowest BCUT2D eigenvalue weighted by Gasteiger charge is -1.99. The average molecular weight is 252 g/mol. The van der Waals surface area contributed by atoms with Crippen LogP contribution in [0.15, 0.2) is 28.2 Å². The highest BCUT2D eigenvalue weighted by molar-refractivity contribution is 7.09. The molecule has 0 amide bonds. The highest BCUT2D eigenvalue weighted by atomic mass is 32.1. The molecule has 0 aliphatic heterocycles. The van der Waals surface area contributed by atoms with Crippen molar-refractivity contribution in [1.29, 1.82) is 0 Å². The lowest BCUT2D eigenvalue weighted by atomic mass is 10.5. The van der Waals surface area contributed by atoms with Gasteiger partial charge in [0.15, 0.2) is 0 Å². The molecule has 0 aliphatic carbocycles. The summed E-state index contributed by atoms with van der Waals surface area (Å²) in [7, 11) is 0. The Balaban J connectivity index is 1.73. The van der Waals surface area contributed by atoms with Crippen LogP contribution in [-0.4, -0.2) is 11.5 Å². The molecule has 5 heteroatoms. The first kappa shape index (κ1) is 12.3. The Kier molecular flexibility index (Phi) is 4.73. The van der Waals surface area contributed by atoms with Crippen LogP contribution in [0.1, 0.15) is 23.4 Å².